The van der Waals surface area contributed by atoms with Gasteiger partial charge in [-0.05, 0) is 30.0 Å². The van der Waals surface area contributed by atoms with Gasteiger partial charge in [-0.15, -0.1) is 0 Å². The number of carbonyl (C=O) groups excluding carboxylic acids is 1. The molecule has 0 radical (unpaired) electrons. The van der Waals surface area contributed by atoms with Crippen molar-refractivity contribution in [3.05, 3.63) is 48.3 Å². The van der Waals surface area contributed by atoms with E-state index in [2.05, 4.69) is 31.2 Å². The van der Waals surface area contributed by atoms with Crippen LogP contribution in [0, 0.1) is 5.41 Å². The van der Waals surface area contributed by atoms with E-state index in [1.165, 1.54) is 0 Å². The van der Waals surface area contributed by atoms with Gasteiger partial charge in [0.2, 0.25) is 0 Å². The van der Waals surface area contributed by atoms with Crippen LogP contribution >= 0.6 is 0 Å². The van der Waals surface area contributed by atoms with Gasteiger partial charge in [-0.25, -0.2) is 4.68 Å². The molecule has 1 amide bonds. The second kappa shape index (κ2) is 6.75. The highest BCUT2D eigenvalue weighted by Crippen LogP contribution is 2.20. The number of benzene rings is 1. The minimum absolute atomic E-state index is 0.0318. The van der Waals surface area contributed by atoms with Gasteiger partial charge in [0.05, 0.1) is 18.3 Å². The smallest absolute Gasteiger partial charge is 0.272 e. The van der Waals surface area contributed by atoms with E-state index in [-0.39, 0.29) is 24.0 Å². The van der Waals surface area contributed by atoms with E-state index in [9.17, 15) is 9.90 Å². The number of aliphatic hydroxyl groups excluding tert-OH is 1. The summed E-state index contributed by atoms with van der Waals surface area (Å²) in [7, 11) is 0. The third kappa shape index (κ3) is 4.43. The molecule has 0 saturated heterocycles. The summed E-state index contributed by atoms with van der Waals surface area (Å²) < 4.78 is 1.66. The lowest BCUT2D eigenvalue weighted by molar-refractivity contribution is 0.0892. The molecule has 0 aliphatic carbocycles. The van der Waals surface area contributed by atoms with Crippen molar-refractivity contribution >= 4 is 5.91 Å². The minimum atomic E-state index is -0.269. The number of aromatic nitrogens is 2. The molecule has 1 atom stereocenters. The van der Waals surface area contributed by atoms with E-state index in [4.69, 9.17) is 0 Å². The Bertz CT molecular complexity index is 614. The molecule has 0 spiro atoms. The predicted octanol–water partition coefficient (Wildman–Crippen LogP) is 2.40. The largest absolute Gasteiger partial charge is 0.394 e. The first kappa shape index (κ1) is 16.2. The molecule has 1 aromatic carbocycles. The van der Waals surface area contributed by atoms with Gasteiger partial charge in [0.25, 0.3) is 5.91 Å². The molecule has 22 heavy (non-hydrogen) atoms. The van der Waals surface area contributed by atoms with Crippen molar-refractivity contribution in [3.63, 3.8) is 0 Å². The molecule has 0 saturated carbocycles. The normalized spacial score (nSPS) is 12.9. The molecule has 1 aromatic heterocycles. The summed E-state index contributed by atoms with van der Waals surface area (Å²) in [5.74, 6) is -0.266. The molecule has 0 aliphatic rings. The van der Waals surface area contributed by atoms with E-state index in [1.807, 2.05) is 30.3 Å². The molecule has 5 heteroatoms. The summed E-state index contributed by atoms with van der Waals surface area (Å²) in [5.41, 5.74) is 1.27. The summed E-state index contributed by atoms with van der Waals surface area (Å²) >= 11 is 0. The van der Waals surface area contributed by atoms with E-state index in [0.717, 1.165) is 5.69 Å². The van der Waals surface area contributed by atoms with Crippen molar-refractivity contribution in [1.29, 1.82) is 0 Å². The zero-order chi connectivity index (χ0) is 16.2. The van der Waals surface area contributed by atoms with Crippen molar-refractivity contribution in [2.75, 3.05) is 6.61 Å². The van der Waals surface area contributed by atoms with E-state index < -0.39 is 0 Å². The number of aliphatic hydroxyl groups is 1. The first-order valence-corrected chi connectivity index (χ1v) is 7.42. The summed E-state index contributed by atoms with van der Waals surface area (Å²) in [4.78, 5) is 12.2. The number of hydrogen-bond donors (Lipinski definition) is 2. The Labute approximate surface area is 131 Å². The highest BCUT2D eigenvalue weighted by atomic mass is 16.3. The lowest BCUT2D eigenvalue weighted by Crippen LogP contribution is -2.40. The summed E-state index contributed by atoms with van der Waals surface area (Å²) in [6.07, 6.45) is 2.45. The van der Waals surface area contributed by atoms with Crippen molar-refractivity contribution in [2.24, 2.45) is 5.41 Å². The molecule has 1 unspecified atom stereocenters. The zero-order valence-corrected chi connectivity index (χ0v) is 13.3. The minimum Gasteiger partial charge on any atom is -0.394 e. The predicted molar refractivity (Wildman–Crippen MR) is 86.0 cm³/mol. The Morgan fingerprint density at radius 3 is 2.55 bits per heavy atom. The van der Waals surface area contributed by atoms with E-state index in [1.54, 1.807) is 16.9 Å². The molecule has 2 rings (SSSR count). The summed E-state index contributed by atoms with van der Waals surface area (Å²) in [6.45, 7) is 6.15. The third-order valence-electron chi connectivity index (χ3n) is 3.26. The van der Waals surface area contributed by atoms with Crippen LogP contribution in [0.5, 0.6) is 0 Å². The lowest BCUT2D eigenvalue weighted by atomic mass is 9.88. The number of nitrogens with zero attached hydrogens (tertiary/aromatic N) is 2. The van der Waals surface area contributed by atoms with Gasteiger partial charge in [0, 0.05) is 6.20 Å². The highest BCUT2D eigenvalue weighted by Gasteiger charge is 2.21. The molecule has 5 nitrogen and oxygen atoms in total. The van der Waals surface area contributed by atoms with Crippen LogP contribution in [0.4, 0.5) is 0 Å². The fourth-order valence-electron chi connectivity index (χ4n) is 2.33. The van der Waals surface area contributed by atoms with Crippen LogP contribution < -0.4 is 5.32 Å². The van der Waals surface area contributed by atoms with Gasteiger partial charge < -0.3 is 10.4 Å². The molecular weight excluding hydrogens is 278 g/mol. The fourth-order valence-corrected chi connectivity index (χ4v) is 2.33. The van der Waals surface area contributed by atoms with E-state index >= 15 is 0 Å². The molecular formula is C17H23N3O2. The van der Waals surface area contributed by atoms with Crippen LogP contribution in [0.1, 0.15) is 37.7 Å². The highest BCUT2D eigenvalue weighted by molar-refractivity contribution is 5.92. The topological polar surface area (TPSA) is 67.2 Å². The average Bonchev–Trinajstić information content (AvgIpc) is 2.96. The number of amides is 1. The van der Waals surface area contributed by atoms with Gasteiger partial charge >= 0.3 is 0 Å². The van der Waals surface area contributed by atoms with Gasteiger partial charge in [-0.2, -0.15) is 5.10 Å². The summed E-state index contributed by atoms with van der Waals surface area (Å²) in [5, 5.41) is 16.6. The fraction of sp³-hybridized carbons (Fsp3) is 0.412. The molecule has 2 N–H and O–H groups in total. The van der Waals surface area contributed by atoms with Crippen LogP contribution in [-0.4, -0.2) is 33.4 Å². The monoisotopic (exact) mass is 301 g/mol. The maximum atomic E-state index is 12.2. The molecule has 0 fully saturated rings. The van der Waals surface area contributed by atoms with Crippen LogP contribution in [-0.2, 0) is 0 Å². The second-order valence-corrected chi connectivity index (χ2v) is 6.60. The van der Waals surface area contributed by atoms with E-state index in [0.29, 0.717) is 12.1 Å². The van der Waals surface area contributed by atoms with Crippen LogP contribution in [0.15, 0.2) is 42.6 Å². The van der Waals surface area contributed by atoms with Gasteiger partial charge in [-0.3, -0.25) is 4.79 Å². The van der Waals surface area contributed by atoms with Gasteiger partial charge in [0.1, 0.15) is 0 Å². The second-order valence-electron chi connectivity index (χ2n) is 6.60. The molecule has 0 aliphatic heterocycles. The number of carbonyl (C=O) groups is 1. The molecule has 2 aromatic rings. The first-order chi connectivity index (χ1) is 10.4. The van der Waals surface area contributed by atoms with Crippen LogP contribution in [0.3, 0.4) is 0 Å². The SMILES string of the molecule is CC(C)(C)CC(CO)NC(=O)c1ccn(-c2ccccc2)n1. The molecule has 118 valence electrons. The first-order valence-electron chi connectivity index (χ1n) is 7.42. The van der Waals surface area contributed by atoms with Gasteiger partial charge in [-0.1, -0.05) is 39.0 Å². The number of hydrogen-bond acceptors (Lipinski definition) is 3. The quantitative estimate of drug-likeness (QED) is 0.891. The Kier molecular flexibility index (Phi) is 4.98. The lowest BCUT2D eigenvalue weighted by Gasteiger charge is -2.25. The standard InChI is InChI=1S/C17H23N3O2/c1-17(2,3)11-13(12-21)18-16(22)15-9-10-20(19-15)14-7-5-4-6-8-14/h4-10,13,21H,11-12H2,1-3H3,(H,18,22). The van der Waals surface area contributed by atoms with Crippen molar-refractivity contribution < 1.29 is 9.90 Å². The van der Waals surface area contributed by atoms with Crippen LogP contribution in [0.2, 0.25) is 0 Å². The maximum absolute atomic E-state index is 12.2. The molecule has 1 heterocycles. The van der Waals surface area contributed by atoms with Crippen molar-refractivity contribution in [2.45, 2.75) is 33.2 Å². The number of nitrogens with one attached hydrogen (secondary N) is 1. The van der Waals surface area contributed by atoms with Crippen molar-refractivity contribution in [1.82, 2.24) is 15.1 Å². The third-order valence-corrected chi connectivity index (χ3v) is 3.26. The molecule has 0 bridgehead atoms. The van der Waals surface area contributed by atoms with Crippen LogP contribution in [0.25, 0.3) is 5.69 Å². The van der Waals surface area contributed by atoms with Crippen molar-refractivity contribution in [3.8, 4) is 5.69 Å². The maximum Gasteiger partial charge on any atom is 0.272 e. The Balaban J connectivity index is 2.06. The Morgan fingerprint density at radius 1 is 1.27 bits per heavy atom. The average molecular weight is 301 g/mol. The van der Waals surface area contributed by atoms with Gasteiger partial charge in [0.15, 0.2) is 5.69 Å². The Morgan fingerprint density at radius 2 is 1.95 bits per heavy atom. The Hall–Kier alpha value is -2.14. The number of rotatable bonds is 5. The number of para-hydroxylation sites is 1. The summed E-state index contributed by atoms with van der Waals surface area (Å²) in [6, 6.07) is 11.0. The zero-order valence-electron chi connectivity index (χ0n) is 13.3.